The number of alkyl halides is 5. The predicted octanol–water partition coefficient (Wildman–Crippen LogP) is 3.15. The summed E-state index contributed by atoms with van der Waals surface area (Å²) in [6, 6.07) is 0.547. The standard InChI is InChI=1S/C9H5F5INO3/c10-7(11)6-4(19-9(12,13)14)1-3(2-5(17)18)16-8(6)15/h1,7H,2H2,(H,17,18). The molecule has 4 nitrogen and oxygen atoms in total. The van der Waals surface area contributed by atoms with Gasteiger partial charge in [0, 0.05) is 6.07 Å². The van der Waals surface area contributed by atoms with Gasteiger partial charge in [-0.05, 0) is 22.6 Å². The molecule has 1 N–H and O–H groups in total. The first-order chi connectivity index (χ1) is 8.60. The van der Waals surface area contributed by atoms with E-state index in [0.29, 0.717) is 6.07 Å². The van der Waals surface area contributed by atoms with Crippen LogP contribution in [0, 0.1) is 3.70 Å². The van der Waals surface area contributed by atoms with Gasteiger partial charge in [0.15, 0.2) is 0 Å². The SMILES string of the molecule is O=C(O)Cc1cc(OC(F)(F)F)c(C(F)F)c(I)n1. The smallest absolute Gasteiger partial charge is 0.481 e. The first kappa shape index (κ1) is 15.9. The monoisotopic (exact) mass is 397 g/mol. The highest BCUT2D eigenvalue weighted by Gasteiger charge is 2.34. The number of hydrogen-bond acceptors (Lipinski definition) is 3. The molecular weight excluding hydrogens is 392 g/mol. The Labute approximate surface area is 116 Å². The lowest BCUT2D eigenvalue weighted by atomic mass is 10.2. The highest BCUT2D eigenvalue weighted by Crippen LogP contribution is 2.36. The number of nitrogens with zero attached hydrogens (tertiary/aromatic N) is 1. The fourth-order valence-corrected chi connectivity index (χ4v) is 2.01. The topological polar surface area (TPSA) is 59.4 Å². The van der Waals surface area contributed by atoms with E-state index in [2.05, 4.69) is 9.72 Å². The van der Waals surface area contributed by atoms with Gasteiger partial charge in [-0.2, -0.15) is 0 Å². The van der Waals surface area contributed by atoms with Crippen molar-refractivity contribution in [1.82, 2.24) is 4.98 Å². The molecule has 0 saturated carbocycles. The molecule has 0 saturated heterocycles. The zero-order chi connectivity index (χ0) is 14.8. The summed E-state index contributed by atoms with van der Waals surface area (Å²) in [5.74, 6) is -2.50. The van der Waals surface area contributed by atoms with E-state index in [9.17, 15) is 26.7 Å². The molecule has 0 aliphatic rings. The van der Waals surface area contributed by atoms with Crippen molar-refractivity contribution < 1.29 is 36.6 Å². The summed E-state index contributed by atoms with van der Waals surface area (Å²) in [5.41, 5.74) is -1.33. The van der Waals surface area contributed by atoms with Crippen molar-refractivity contribution in [2.24, 2.45) is 0 Å². The molecule has 106 valence electrons. The molecule has 0 bridgehead atoms. The van der Waals surface area contributed by atoms with Gasteiger partial charge < -0.3 is 9.84 Å². The molecule has 0 aromatic carbocycles. The summed E-state index contributed by atoms with van der Waals surface area (Å²) in [6.07, 6.45) is -9.09. The van der Waals surface area contributed by atoms with Crippen LogP contribution in [-0.2, 0) is 11.2 Å². The summed E-state index contributed by atoms with van der Waals surface area (Å²) >= 11 is 1.29. The third kappa shape index (κ3) is 4.76. The Bertz CT molecular complexity index is 491. The second-order valence-electron chi connectivity index (χ2n) is 3.24. The van der Waals surface area contributed by atoms with Crippen LogP contribution in [0.25, 0.3) is 0 Å². The summed E-state index contributed by atoms with van der Waals surface area (Å²) in [5, 5.41) is 8.51. The third-order valence-electron chi connectivity index (χ3n) is 1.80. The predicted molar refractivity (Wildman–Crippen MR) is 59.9 cm³/mol. The average molecular weight is 397 g/mol. The Kier molecular flexibility index (Phi) is 4.87. The van der Waals surface area contributed by atoms with E-state index in [1.807, 2.05) is 0 Å². The first-order valence-electron chi connectivity index (χ1n) is 4.55. The normalized spacial score (nSPS) is 11.7. The number of hydrogen-bond donors (Lipinski definition) is 1. The van der Waals surface area contributed by atoms with Crippen molar-refractivity contribution in [3.8, 4) is 5.75 Å². The number of carboxylic acids is 1. The van der Waals surface area contributed by atoms with Gasteiger partial charge in [-0.1, -0.05) is 0 Å². The van der Waals surface area contributed by atoms with Gasteiger partial charge >= 0.3 is 12.3 Å². The molecule has 0 aliphatic heterocycles. The summed E-state index contributed by atoms with van der Waals surface area (Å²) in [7, 11) is 0. The summed E-state index contributed by atoms with van der Waals surface area (Å²) < 4.78 is 64.7. The average Bonchev–Trinajstić information content (AvgIpc) is 2.10. The lowest BCUT2D eigenvalue weighted by molar-refractivity contribution is -0.275. The van der Waals surface area contributed by atoms with Crippen LogP contribution in [0.5, 0.6) is 5.75 Å². The molecule has 1 rings (SSSR count). The van der Waals surface area contributed by atoms with Crippen LogP contribution in [0.1, 0.15) is 17.7 Å². The van der Waals surface area contributed by atoms with Crippen LogP contribution in [0.3, 0.4) is 0 Å². The van der Waals surface area contributed by atoms with Crippen LogP contribution in [0.4, 0.5) is 22.0 Å². The zero-order valence-corrected chi connectivity index (χ0v) is 11.0. The lowest BCUT2D eigenvalue weighted by Crippen LogP contribution is -2.19. The number of carboxylic acid groups (broad SMARTS) is 1. The molecule has 0 amide bonds. The van der Waals surface area contributed by atoms with Gasteiger partial charge in [-0.25, -0.2) is 13.8 Å². The van der Waals surface area contributed by atoms with E-state index in [1.54, 1.807) is 0 Å². The van der Waals surface area contributed by atoms with Crippen LogP contribution >= 0.6 is 22.6 Å². The van der Waals surface area contributed by atoms with Gasteiger partial charge in [0.1, 0.15) is 9.45 Å². The lowest BCUT2D eigenvalue weighted by Gasteiger charge is -2.14. The molecule has 10 heteroatoms. The van der Waals surface area contributed by atoms with Crippen molar-refractivity contribution in [3.63, 3.8) is 0 Å². The van der Waals surface area contributed by atoms with Gasteiger partial charge in [-0.3, -0.25) is 4.79 Å². The van der Waals surface area contributed by atoms with Crippen molar-refractivity contribution in [2.45, 2.75) is 19.2 Å². The maximum Gasteiger partial charge on any atom is 0.573 e. The van der Waals surface area contributed by atoms with Crippen LogP contribution in [0.15, 0.2) is 6.07 Å². The number of aliphatic carboxylic acids is 1. The molecule has 0 aliphatic carbocycles. The van der Waals surface area contributed by atoms with Crippen molar-refractivity contribution in [3.05, 3.63) is 21.0 Å². The molecule has 0 radical (unpaired) electrons. The van der Waals surface area contributed by atoms with Crippen molar-refractivity contribution >= 4 is 28.6 Å². The van der Waals surface area contributed by atoms with E-state index in [-0.39, 0.29) is 5.69 Å². The van der Waals surface area contributed by atoms with Gasteiger partial charge in [0.25, 0.3) is 6.43 Å². The second kappa shape index (κ2) is 5.84. The number of rotatable bonds is 4. The Hall–Kier alpha value is -1.20. The minimum Gasteiger partial charge on any atom is -0.481 e. The first-order valence-corrected chi connectivity index (χ1v) is 5.63. The minimum absolute atomic E-state index is 0.305. The molecular formula is C9H5F5INO3. The van der Waals surface area contributed by atoms with Crippen molar-refractivity contribution in [2.75, 3.05) is 0 Å². The van der Waals surface area contributed by atoms with E-state index < -0.39 is 40.2 Å². The summed E-state index contributed by atoms with van der Waals surface area (Å²) in [6.45, 7) is 0. The van der Waals surface area contributed by atoms with Crippen molar-refractivity contribution in [1.29, 1.82) is 0 Å². The Morgan fingerprint density at radius 3 is 2.47 bits per heavy atom. The number of pyridine rings is 1. The number of aromatic nitrogens is 1. The van der Waals surface area contributed by atoms with Gasteiger partial charge in [-0.15, -0.1) is 13.2 Å². The van der Waals surface area contributed by atoms with E-state index in [1.165, 1.54) is 22.6 Å². The molecule has 0 atom stereocenters. The fourth-order valence-electron chi connectivity index (χ4n) is 1.20. The molecule has 1 aromatic heterocycles. The van der Waals surface area contributed by atoms with Gasteiger partial charge in [0.2, 0.25) is 0 Å². The van der Waals surface area contributed by atoms with E-state index in [4.69, 9.17) is 5.11 Å². The minimum atomic E-state index is -5.16. The number of halogens is 6. The molecule has 1 heterocycles. The van der Waals surface area contributed by atoms with Crippen LogP contribution in [-0.4, -0.2) is 22.4 Å². The van der Waals surface area contributed by atoms with Crippen LogP contribution < -0.4 is 4.74 Å². The fraction of sp³-hybridized carbons (Fsp3) is 0.333. The van der Waals surface area contributed by atoms with Gasteiger partial charge in [0.05, 0.1) is 17.7 Å². The van der Waals surface area contributed by atoms with Crippen LogP contribution in [0.2, 0.25) is 0 Å². The highest BCUT2D eigenvalue weighted by atomic mass is 127. The number of carbonyl (C=O) groups is 1. The molecule has 19 heavy (non-hydrogen) atoms. The third-order valence-corrected chi connectivity index (χ3v) is 2.63. The molecule has 1 aromatic rings. The Balaban J connectivity index is 3.28. The molecule has 0 spiro atoms. The van der Waals surface area contributed by atoms with E-state index in [0.717, 1.165) is 0 Å². The van der Waals surface area contributed by atoms with E-state index >= 15 is 0 Å². The zero-order valence-electron chi connectivity index (χ0n) is 8.84. The Morgan fingerprint density at radius 1 is 1.47 bits per heavy atom. The number of ether oxygens (including phenoxy) is 1. The largest absolute Gasteiger partial charge is 0.573 e. The second-order valence-corrected chi connectivity index (χ2v) is 4.26. The molecule has 0 fully saturated rings. The maximum atomic E-state index is 12.6. The maximum absolute atomic E-state index is 12.6. The molecule has 0 unspecified atom stereocenters. The Morgan fingerprint density at radius 2 is 2.05 bits per heavy atom. The highest BCUT2D eigenvalue weighted by molar-refractivity contribution is 14.1. The summed E-state index contributed by atoms with van der Waals surface area (Å²) in [4.78, 5) is 13.9. The quantitative estimate of drug-likeness (QED) is 0.482.